The highest BCUT2D eigenvalue weighted by Crippen LogP contribution is 2.09. The lowest BCUT2D eigenvalue weighted by atomic mass is 9.99. The van der Waals surface area contributed by atoms with Gasteiger partial charge in [0.2, 0.25) is 0 Å². The van der Waals surface area contributed by atoms with Crippen molar-refractivity contribution in [3.05, 3.63) is 0 Å². The topological polar surface area (TPSA) is 87.7 Å². The van der Waals surface area contributed by atoms with E-state index in [1.54, 1.807) is 0 Å². The lowest BCUT2D eigenvalue weighted by Gasteiger charge is -2.20. The van der Waals surface area contributed by atoms with Crippen LogP contribution in [0.2, 0.25) is 0 Å². The van der Waals surface area contributed by atoms with E-state index in [1.807, 2.05) is 5.48 Å². The Kier molecular flexibility index (Phi) is 3.51. The molecule has 0 radical (unpaired) electrons. The molecule has 0 spiro atoms. The maximum absolute atomic E-state index is 11.2. The first kappa shape index (κ1) is 9.79. The third-order valence-corrected chi connectivity index (χ3v) is 1.91. The van der Waals surface area contributed by atoms with Gasteiger partial charge in [0.05, 0.1) is 5.92 Å². The van der Waals surface area contributed by atoms with Gasteiger partial charge < -0.3 is 15.3 Å². The first-order chi connectivity index (χ1) is 6.20. The van der Waals surface area contributed by atoms with Crippen LogP contribution in [0.3, 0.4) is 0 Å². The van der Waals surface area contributed by atoms with Crippen LogP contribution in [0.15, 0.2) is 0 Å². The van der Waals surface area contributed by atoms with Crippen molar-refractivity contribution < 1.29 is 19.5 Å². The second-order valence-electron chi connectivity index (χ2n) is 2.88. The average Bonchev–Trinajstić information content (AvgIpc) is 2.15. The molecule has 1 amide bonds. The summed E-state index contributed by atoms with van der Waals surface area (Å²) in [6.07, 6.45) is 0.185. The van der Waals surface area contributed by atoms with Gasteiger partial charge in [-0.05, 0) is 19.4 Å². The van der Waals surface area contributed by atoms with Gasteiger partial charge in [0, 0.05) is 6.54 Å². The molecular weight excluding hydrogens is 176 g/mol. The van der Waals surface area contributed by atoms with Crippen molar-refractivity contribution in [2.24, 2.45) is 5.92 Å². The lowest BCUT2D eigenvalue weighted by Crippen LogP contribution is -2.41. The second-order valence-corrected chi connectivity index (χ2v) is 2.88. The highest BCUT2D eigenvalue weighted by Gasteiger charge is 2.21. The van der Waals surface area contributed by atoms with Gasteiger partial charge >= 0.3 is 6.16 Å². The molecule has 74 valence electrons. The smallest absolute Gasteiger partial charge is 0.448 e. The molecule has 1 saturated heterocycles. The minimum Gasteiger partial charge on any atom is -0.448 e. The number of carbonyl (C=O) groups is 2. The SMILES string of the molecule is O=C(O)ONC(=O)C1CCCNC1. The van der Waals surface area contributed by atoms with Crippen molar-refractivity contribution in [3.8, 4) is 0 Å². The summed E-state index contributed by atoms with van der Waals surface area (Å²) in [6.45, 7) is 1.48. The number of carbonyl (C=O) groups excluding carboxylic acids is 1. The zero-order valence-corrected chi connectivity index (χ0v) is 7.08. The van der Waals surface area contributed by atoms with Crippen molar-refractivity contribution in [1.82, 2.24) is 10.8 Å². The van der Waals surface area contributed by atoms with E-state index < -0.39 is 6.16 Å². The zero-order chi connectivity index (χ0) is 9.68. The van der Waals surface area contributed by atoms with Crippen LogP contribution >= 0.6 is 0 Å². The molecule has 0 bridgehead atoms. The molecule has 13 heavy (non-hydrogen) atoms. The number of hydrogen-bond donors (Lipinski definition) is 3. The summed E-state index contributed by atoms with van der Waals surface area (Å²) in [5, 5.41) is 11.1. The fourth-order valence-electron chi connectivity index (χ4n) is 1.25. The summed E-state index contributed by atoms with van der Waals surface area (Å²) in [7, 11) is 0. The Morgan fingerprint density at radius 1 is 1.54 bits per heavy atom. The van der Waals surface area contributed by atoms with Gasteiger partial charge in [-0.1, -0.05) is 0 Å². The Bertz CT molecular complexity index is 201. The van der Waals surface area contributed by atoms with E-state index in [-0.39, 0.29) is 11.8 Å². The number of nitrogens with one attached hydrogen (secondary N) is 2. The summed E-state index contributed by atoms with van der Waals surface area (Å²) in [4.78, 5) is 25.0. The van der Waals surface area contributed by atoms with Crippen molar-refractivity contribution in [1.29, 1.82) is 0 Å². The lowest BCUT2D eigenvalue weighted by molar-refractivity contribution is -0.135. The Morgan fingerprint density at radius 2 is 2.31 bits per heavy atom. The third kappa shape index (κ3) is 3.29. The molecule has 1 unspecified atom stereocenters. The minimum atomic E-state index is -1.50. The number of amides is 1. The van der Waals surface area contributed by atoms with Crippen molar-refractivity contribution in [2.45, 2.75) is 12.8 Å². The Labute approximate surface area is 75.2 Å². The van der Waals surface area contributed by atoms with Crippen LogP contribution < -0.4 is 10.8 Å². The van der Waals surface area contributed by atoms with Crippen molar-refractivity contribution in [3.63, 3.8) is 0 Å². The monoisotopic (exact) mass is 188 g/mol. The fourth-order valence-corrected chi connectivity index (χ4v) is 1.25. The Morgan fingerprint density at radius 3 is 2.85 bits per heavy atom. The molecule has 0 saturated carbocycles. The minimum absolute atomic E-state index is 0.187. The molecule has 0 aliphatic carbocycles. The summed E-state index contributed by atoms with van der Waals surface area (Å²) in [5.41, 5.74) is 1.87. The predicted molar refractivity (Wildman–Crippen MR) is 42.8 cm³/mol. The first-order valence-electron chi connectivity index (χ1n) is 4.10. The fraction of sp³-hybridized carbons (Fsp3) is 0.714. The maximum Gasteiger partial charge on any atom is 0.530 e. The normalized spacial score (nSPS) is 22.0. The molecule has 1 atom stereocenters. The molecule has 6 heteroatoms. The van der Waals surface area contributed by atoms with E-state index in [0.29, 0.717) is 6.54 Å². The average molecular weight is 188 g/mol. The molecule has 0 aromatic carbocycles. The van der Waals surface area contributed by atoms with Gasteiger partial charge in [0.1, 0.15) is 0 Å². The molecule has 1 aliphatic rings. The van der Waals surface area contributed by atoms with Gasteiger partial charge in [-0.15, -0.1) is 0 Å². The summed E-state index contributed by atoms with van der Waals surface area (Å²) < 4.78 is 0. The molecule has 6 nitrogen and oxygen atoms in total. The van der Waals surface area contributed by atoms with Crippen LogP contribution in [0.25, 0.3) is 0 Å². The molecule has 1 heterocycles. The molecule has 1 rings (SSSR count). The predicted octanol–water partition coefficient (Wildman–Crippen LogP) is -0.288. The molecule has 3 N–H and O–H groups in total. The van der Waals surface area contributed by atoms with Gasteiger partial charge in [-0.25, -0.2) is 4.79 Å². The molecule has 0 aromatic rings. The maximum atomic E-state index is 11.2. The quantitative estimate of drug-likeness (QED) is 0.492. The van der Waals surface area contributed by atoms with Gasteiger partial charge in [0.15, 0.2) is 0 Å². The third-order valence-electron chi connectivity index (χ3n) is 1.91. The second kappa shape index (κ2) is 4.66. The van der Waals surface area contributed by atoms with Crippen LogP contribution in [0.5, 0.6) is 0 Å². The number of hydrogen-bond acceptors (Lipinski definition) is 4. The summed E-state index contributed by atoms with van der Waals surface area (Å²) in [5.74, 6) is -0.567. The van der Waals surface area contributed by atoms with Crippen molar-refractivity contribution >= 4 is 12.1 Å². The summed E-state index contributed by atoms with van der Waals surface area (Å²) >= 11 is 0. The number of piperidine rings is 1. The van der Waals surface area contributed by atoms with E-state index in [9.17, 15) is 9.59 Å². The van der Waals surface area contributed by atoms with E-state index in [1.165, 1.54) is 0 Å². The van der Waals surface area contributed by atoms with Gasteiger partial charge in [-0.2, -0.15) is 5.48 Å². The Balaban J connectivity index is 2.25. The standard InChI is InChI=1S/C7H12N2O4/c10-6(9-13-7(11)12)5-2-1-3-8-4-5/h5,8H,1-4H2,(H,9,10)(H,11,12). The number of carboxylic acid groups (broad SMARTS) is 1. The van der Waals surface area contributed by atoms with E-state index >= 15 is 0 Å². The van der Waals surface area contributed by atoms with Gasteiger partial charge in [0.25, 0.3) is 5.91 Å². The number of hydroxylamine groups is 1. The van der Waals surface area contributed by atoms with Crippen LogP contribution in [0, 0.1) is 5.92 Å². The van der Waals surface area contributed by atoms with Crippen LogP contribution in [0.1, 0.15) is 12.8 Å². The molecule has 1 aliphatic heterocycles. The first-order valence-corrected chi connectivity index (χ1v) is 4.10. The highest BCUT2D eigenvalue weighted by molar-refractivity contribution is 5.79. The number of rotatable bonds is 1. The highest BCUT2D eigenvalue weighted by atomic mass is 16.8. The molecule has 1 fully saturated rings. The largest absolute Gasteiger partial charge is 0.530 e. The van der Waals surface area contributed by atoms with Crippen LogP contribution in [-0.4, -0.2) is 30.3 Å². The van der Waals surface area contributed by atoms with E-state index in [2.05, 4.69) is 10.2 Å². The Hall–Kier alpha value is -1.30. The van der Waals surface area contributed by atoms with Crippen molar-refractivity contribution in [2.75, 3.05) is 13.1 Å². The van der Waals surface area contributed by atoms with Crippen LogP contribution in [-0.2, 0) is 9.63 Å². The van der Waals surface area contributed by atoms with Crippen LogP contribution in [0.4, 0.5) is 4.79 Å². The zero-order valence-electron chi connectivity index (χ0n) is 7.08. The van der Waals surface area contributed by atoms with E-state index in [0.717, 1.165) is 19.4 Å². The van der Waals surface area contributed by atoms with Gasteiger partial charge in [-0.3, -0.25) is 4.79 Å². The van der Waals surface area contributed by atoms with E-state index in [4.69, 9.17) is 5.11 Å². The molecule has 0 aromatic heterocycles. The molecular formula is C7H12N2O4. The summed E-state index contributed by atoms with van der Waals surface area (Å²) in [6, 6.07) is 0.